The number of hydrogen-bond donors (Lipinski definition) is 2. The molecule has 0 radical (unpaired) electrons. The van der Waals surface area contributed by atoms with E-state index < -0.39 is 17.8 Å². The van der Waals surface area contributed by atoms with Crippen molar-refractivity contribution in [3.05, 3.63) is 119 Å². The summed E-state index contributed by atoms with van der Waals surface area (Å²) in [7, 11) is 0. The van der Waals surface area contributed by atoms with Crippen LogP contribution in [-0.4, -0.2) is 38.1 Å². The number of thiocarbonyl (C=S) groups is 1. The summed E-state index contributed by atoms with van der Waals surface area (Å²) in [4.78, 5) is 19.3. The van der Waals surface area contributed by atoms with Gasteiger partial charge in [-0.3, -0.25) is 4.79 Å². The van der Waals surface area contributed by atoms with E-state index in [0.29, 0.717) is 29.9 Å². The van der Waals surface area contributed by atoms with Crippen LogP contribution < -0.4 is 10.6 Å². The number of aromatic nitrogens is 2. The molecule has 4 aromatic rings. The molecule has 46 heavy (non-hydrogen) atoms. The van der Waals surface area contributed by atoms with Crippen molar-refractivity contribution in [2.75, 3.05) is 11.9 Å². The fourth-order valence-electron chi connectivity index (χ4n) is 5.18. The van der Waals surface area contributed by atoms with Gasteiger partial charge in [0.25, 0.3) is 0 Å². The van der Waals surface area contributed by atoms with Crippen molar-refractivity contribution in [2.45, 2.75) is 58.9 Å². The maximum absolute atomic E-state index is 13.9. The van der Waals surface area contributed by atoms with Crippen LogP contribution in [0.15, 0.2) is 85.3 Å². The molecule has 1 atom stereocenters. The van der Waals surface area contributed by atoms with Crippen LogP contribution in [0, 0.1) is 24.2 Å². The Balaban J connectivity index is 1.53. The van der Waals surface area contributed by atoms with Crippen LogP contribution in [-0.2, 0) is 30.5 Å². The molecule has 0 aliphatic heterocycles. The summed E-state index contributed by atoms with van der Waals surface area (Å²) in [6.07, 6.45) is -0.585. The Kier molecular flexibility index (Phi) is 11.6. The lowest BCUT2D eigenvalue weighted by Crippen LogP contribution is -2.47. The van der Waals surface area contributed by atoms with Gasteiger partial charge in [-0.05, 0) is 72.9 Å². The molecule has 0 aliphatic carbocycles. The number of aryl methyl sites for hydroxylation is 1. The zero-order valence-electron chi connectivity index (χ0n) is 26.0. The number of alkyl halides is 3. The van der Waals surface area contributed by atoms with Gasteiger partial charge in [0.1, 0.15) is 0 Å². The van der Waals surface area contributed by atoms with Crippen molar-refractivity contribution < 1.29 is 18.0 Å². The van der Waals surface area contributed by atoms with E-state index in [-0.39, 0.29) is 42.0 Å². The molecule has 1 heterocycles. The van der Waals surface area contributed by atoms with E-state index in [1.807, 2.05) is 61.7 Å². The molecule has 3 aromatic carbocycles. The van der Waals surface area contributed by atoms with Crippen LogP contribution in [0.4, 0.5) is 18.9 Å². The Bertz CT molecular complexity index is 1660. The zero-order valence-corrected chi connectivity index (χ0v) is 26.8. The number of anilines is 1. The molecular formula is C35H37F3N6OS. The highest BCUT2D eigenvalue weighted by Crippen LogP contribution is 2.32. The van der Waals surface area contributed by atoms with E-state index in [2.05, 4.69) is 21.7 Å². The number of nitrogens with zero attached hydrogens (tertiary/aromatic N) is 4. The maximum Gasteiger partial charge on any atom is 0.416 e. The number of halogens is 3. The maximum atomic E-state index is 13.9. The summed E-state index contributed by atoms with van der Waals surface area (Å²) >= 11 is 5.75. The SMILES string of the molecule is Cc1ccc(NC(=S)N(Cc2ccccc2C(F)(F)F)C[C@H](CC(C)C)NC(=O)Cc2cncn2Cc2ccc(C#N)cc2)cc1. The second-order valence-electron chi connectivity index (χ2n) is 11.7. The second-order valence-corrected chi connectivity index (χ2v) is 12.1. The molecule has 4 rings (SSSR count). The van der Waals surface area contributed by atoms with E-state index >= 15 is 0 Å². The number of hydrogen-bond acceptors (Lipinski definition) is 4. The third-order valence-electron chi connectivity index (χ3n) is 7.41. The van der Waals surface area contributed by atoms with Crippen molar-refractivity contribution in [2.24, 2.45) is 5.92 Å². The quantitative estimate of drug-likeness (QED) is 0.160. The predicted octanol–water partition coefficient (Wildman–Crippen LogP) is 7.10. The second kappa shape index (κ2) is 15.5. The van der Waals surface area contributed by atoms with Gasteiger partial charge in [-0.1, -0.05) is 61.9 Å². The molecule has 240 valence electrons. The molecule has 7 nitrogen and oxygen atoms in total. The van der Waals surface area contributed by atoms with E-state index in [4.69, 9.17) is 17.5 Å². The van der Waals surface area contributed by atoms with Gasteiger partial charge in [-0.25, -0.2) is 4.98 Å². The third kappa shape index (κ3) is 9.91. The normalized spacial score (nSPS) is 12.0. The van der Waals surface area contributed by atoms with Crippen molar-refractivity contribution in [3.63, 3.8) is 0 Å². The Labute approximate surface area is 273 Å². The summed E-state index contributed by atoms with van der Waals surface area (Å²) in [5.74, 6) is -0.0459. The molecule has 0 unspecified atom stereocenters. The average molecular weight is 647 g/mol. The first-order chi connectivity index (χ1) is 21.9. The standard InChI is InChI=1S/C35H37F3N6OS/c1-24(2)16-30(41-33(45)17-31-19-40-23-44(31)20-27-12-10-26(18-39)11-13-27)22-43(34(46)42-29-14-8-25(3)9-15-29)21-28-6-4-5-7-32(28)35(36,37)38/h4-15,19,23-24,30H,16-17,20-22H2,1-3H3,(H,41,45)(H,42,46)/t30-/m0/s1. The summed E-state index contributed by atoms with van der Waals surface area (Å²) < 4.78 is 43.7. The van der Waals surface area contributed by atoms with Crippen molar-refractivity contribution >= 4 is 28.9 Å². The van der Waals surface area contributed by atoms with E-state index in [1.165, 1.54) is 12.1 Å². The number of nitriles is 1. The van der Waals surface area contributed by atoms with Gasteiger partial charge in [0.05, 0.1) is 29.9 Å². The highest BCUT2D eigenvalue weighted by molar-refractivity contribution is 7.80. The molecule has 0 aliphatic rings. The van der Waals surface area contributed by atoms with Crippen LogP contribution in [0.2, 0.25) is 0 Å². The Hall–Kier alpha value is -4.69. The van der Waals surface area contributed by atoms with Gasteiger partial charge in [0, 0.05) is 43.3 Å². The minimum absolute atomic E-state index is 0.0633. The van der Waals surface area contributed by atoms with Crippen molar-refractivity contribution in [1.82, 2.24) is 19.8 Å². The third-order valence-corrected chi connectivity index (χ3v) is 7.77. The zero-order chi connectivity index (χ0) is 33.3. The number of carbonyl (C=O) groups is 1. The minimum Gasteiger partial charge on any atom is -0.351 e. The van der Waals surface area contributed by atoms with Crippen molar-refractivity contribution in [3.8, 4) is 6.07 Å². The number of rotatable bonds is 12. The number of benzene rings is 3. The number of nitrogens with one attached hydrogen (secondary N) is 2. The van der Waals surface area contributed by atoms with Gasteiger partial charge < -0.3 is 20.1 Å². The van der Waals surface area contributed by atoms with Crippen LogP contribution in [0.25, 0.3) is 0 Å². The average Bonchev–Trinajstić information content (AvgIpc) is 3.43. The summed E-state index contributed by atoms with van der Waals surface area (Å²) in [6.45, 7) is 6.58. The summed E-state index contributed by atoms with van der Waals surface area (Å²) in [5, 5.41) is 15.6. The molecule has 0 spiro atoms. The van der Waals surface area contributed by atoms with Gasteiger partial charge in [-0.15, -0.1) is 0 Å². The predicted molar refractivity (Wildman–Crippen MR) is 177 cm³/mol. The number of amides is 1. The van der Waals surface area contributed by atoms with Gasteiger partial charge >= 0.3 is 6.18 Å². The molecule has 11 heteroatoms. The van der Waals surface area contributed by atoms with Gasteiger partial charge in [-0.2, -0.15) is 18.4 Å². The monoisotopic (exact) mass is 646 g/mol. The van der Waals surface area contributed by atoms with Crippen molar-refractivity contribution in [1.29, 1.82) is 5.26 Å². The smallest absolute Gasteiger partial charge is 0.351 e. The minimum atomic E-state index is -4.53. The number of imidazole rings is 1. The van der Waals surface area contributed by atoms with Gasteiger partial charge in [0.2, 0.25) is 5.91 Å². The fourth-order valence-corrected chi connectivity index (χ4v) is 5.43. The largest absolute Gasteiger partial charge is 0.416 e. The lowest BCUT2D eigenvalue weighted by molar-refractivity contribution is -0.138. The van der Waals surface area contributed by atoms with E-state index in [9.17, 15) is 18.0 Å². The van der Waals surface area contributed by atoms with Crippen LogP contribution >= 0.6 is 12.2 Å². The van der Waals surface area contributed by atoms with Crippen LogP contribution in [0.5, 0.6) is 0 Å². The van der Waals surface area contributed by atoms with Gasteiger partial charge in [0.15, 0.2) is 5.11 Å². The molecule has 1 amide bonds. The first-order valence-corrected chi connectivity index (χ1v) is 15.4. The summed E-state index contributed by atoms with van der Waals surface area (Å²) in [5.41, 5.74) is 3.37. The topological polar surface area (TPSA) is 86.0 Å². The molecule has 0 fully saturated rings. The molecule has 0 saturated heterocycles. The highest BCUT2D eigenvalue weighted by Gasteiger charge is 2.34. The fraction of sp³-hybridized carbons (Fsp3) is 0.314. The number of carbonyl (C=O) groups excluding carboxylic acids is 1. The molecule has 1 aromatic heterocycles. The highest BCUT2D eigenvalue weighted by atomic mass is 32.1. The molecule has 2 N–H and O–H groups in total. The van der Waals surface area contributed by atoms with E-state index in [0.717, 1.165) is 17.2 Å². The Morgan fingerprint density at radius 1 is 1.07 bits per heavy atom. The molecule has 0 saturated carbocycles. The summed E-state index contributed by atoms with van der Waals surface area (Å²) in [6, 6.07) is 21.9. The van der Waals surface area contributed by atoms with Crippen LogP contribution in [0.3, 0.4) is 0 Å². The lowest BCUT2D eigenvalue weighted by Gasteiger charge is -2.32. The molecule has 0 bridgehead atoms. The molecular weight excluding hydrogens is 609 g/mol. The van der Waals surface area contributed by atoms with Crippen LogP contribution in [0.1, 0.15) is 53.8 Å². The first kappa shape index (κ1) is 34.2. The van der Waals surface area contributed by atoms with E-state index in [1.54, 1.807) is 35.6 Å². The Morgan fingerprint density at radius 3 is 2.41 bits per heavy atom. The first-order valence-electron chi connectivity index (χ1n) is 15.0. The lowest BCUT2D eigenvalue weighted by atomic mass is 10.0. The Morgan fingerprint density at radius 2 is 1.76 bits per heavy atom.